The maximum Gasteiger partial charge on any atom is 0.143 e. The second-order valence-corrected chi connectivity index (χ2v) is 8.48. The highest BCUT2D eigenvalue weighted by molar-refractivity contribution is 6.61. The van der Waals surface area contributed by atoms with Gasteiger partial charge in [0, 0.05) is 0 Å². The molecule has 0 spiro atoms. The Balaban J connectivity index is 0.000000121. The summed E-state index contributed by atoms with van der Waals surface area (Å²) in [6.45, 7) is 7.10. The molecule has 0 aromatic carbocycles. The van der Waals surface area contributed by atoms with Gasteiger partial charge in [0.25, 0.3) is 0 Å². The van der Waals surface area contributed by atoms with Crippen molar-refractivity contribution in [3.8, 4) is 0 Å². The summed E-state index contributed by atoms with van der Waals surface area (Å²) >= 11 is 0. The third-order valence-electron chi connectivity index (χ3n) is 7.57. The van der Waals surface area contributed by atoms with Crippen molar-refractivity contribution in [2.45, 2.75) is 114 Å². The smallest absolute Gasteiger partial charge is 0.0856 e. The standard InChI is InChI=1S/2C9H17B/c2*1-10-8-4-2-5-9(10)7-3-6-8/h2*8-9H,2-7H2,1H3. The van der Waals surface area contributed by atoms with Crippen LogP contribution in [0.15, 0.2) is 0 Å². The first kappa shape index (κ1) is 15.0. The zero-order valence-electron chi connectivity index (χ0n) is 13.9. The van der Waals surface area contributed by atoms with Crippen molar-refractivity contribution in [2.24, 2.45) is 0 Å². The van der Waals surface area contributed by atoms with Crippen molar-refractivity contribution in [1.29, 1.82) is 0 Å². The number of rotatable bonds is 0. The lowest BCUT2D eigenvalue weighted by atomic mass is 9.29. The first-order valence-corrected chi connectivity index (χ1v) is 9.75. The Bertz CT molecular complexity index is 230. The van der Waals surface area contributed by atoms with Gasteiger partial charge in [0.1, 0.15) is 13.4 Å². The summed E-state index contributed by atoms with van der Waals surface area (Å²) < 4.78 is 0. The molecule has 4 bridgehead atoms. The van der Waals surface area contributed by atoms with E-state index in [1.807, 2.05) is 0 Å². The molecule has 0 saturated carbocycles. The average molecular weight is 272 g/mol. The van der Waals surface area contributed by atoms with Gasteiger partial charge in [-0.05, 0) is 0 Å². The molecule has 2 heteroatoms. The maximum atomic E-state index is 2.48. The van der Waals surface area contributed by atoms with Crippen molar-refractivity contribution in [3.63, 3.8) is 0 Å². The van der Waals surface area contributed by atoms with E-state index in [1.165, 1.54) is 77.0 Å². The van der Waals surface area contributed by atoms with Crippen LogP contribution in [0.2, 0.25) is 36.9 Å². The third kappa shape index (κ3) is 3.30. The largest absolute Gasteiger partial charge is 0.143 e. The average Bonchev–Trinajstić information content (AvgIpc) is 2.38. The summed E-state index contributed by atoms with van der Waals surface area (Å²) in [5, 5.41) is 0. The summed E-state index contributed by atoms with van der Waals surface area (Å²) in [5.74, 6) is 4.47. The molecule has 0 N–H and O–H groups in total. The predicted molar refractivity (Wildman–Crippen MR) is 93.6 cm³/mol. The van der Waals surface area contributed by atoms with Crippen LogP contribution in [-0.2, 0) is 0 Å². The van der Waals surface area contributed by atoms with E-state index in [1.54, 1.807) is 0 Å². The molecule has 4 aliphatic rings. The maximum absolute atomic E-state index is 2.48. The van der Waals surface area contributed by atoms with Crippen LogP contribution in [0, 0.1) is 0 Å². The molecule has 0 amide bonds. The minimum atomic E-state index is 1.07. The van der Waals surface area contributed by atoms with Crippen LogP contribution in [0.1, 0.15) is 77.0 Å². The van der Waals surface area contributed by atoms with Gasteiger partial charge in [-0.25, -0.2) is 0 Å². The van der Waals surface area contributed by atoms with Gasteiger partial charge in [-0.1, -0.05) is 114 Å². The first-order valence-electron chi connectivity index (χ1n) is 9.75. The zero-order chi connectivity index (χ0) is 13.9. The third-order valence-corrected chi connectivity index (χ3v) is 7.57. The lowest BCUT2D eigenvalue weighted by molar-refractivity contribution is 0.445. The lowest BCUT2D eigenvalue weighted by Gasteiger charge is -2.38. The summed E-state index contributed by atoms with van der Waals surface area (Å²) in [7, 11) is 0. The second kappa shape index (κ2) is 6.93. The molecule has 4 aliphatic heterocycles. The molecule has 112 valence electrons. The fourth-order valence-electron chi connectivity index (χ4n) is 6.02. The molecule has 4 heterocycles. The Kier molecular flexibility index (Phi) is 5.21. The summed E-state index contributed by atoms with van der Waals surface area (Å²) in [5.41, 5.74) is 0. The number of hydrogen-bond donors (Lipinski definition) is 0. The van der Waals surface area contributed by atoms with Crippen LogP contribution in [0.25, 0.3) is 0 Å². The van der Waals surface area contributed by atoms with E-state index in [-0.39, 0.29) is 0 Å². The lowest BCUT2D eigenvalue weighted by Crippen LogP contribution is -2.31. The molecule has 0 unspecified atom stereocenters. The Morgan fingerprint density at radius 2 is 0.650 bits per heavy atom. The Morgan fingerprint density at radius 1 is 0.450 bits per heavy atom. The minimum absolute atomic E-state index is 1.07. The molecule has 0 atom stereocenters. The van der Waals surface area contributed by atoms with Crippen molar-refractivity contribution in [1.82, 2.24) is 0 Å². The van der Waals surface area contributed by atoms with Crippen LogP contribution in [0.4, 0.5) is 0 Å². The Hall–Kier alpha value is 0.130. The molecule has 0 aliphatic carbocycles. The van der Waals surface area contributed by atoms with Crippen molar-refractivity contribution in [3.05, 3.63) is 0 Å². The van der Waals surface area contributed by atoms with Crippen LogP contribution in [0.5, 0.6) is 0 Å². The highest BCUT2D eigenvalue weighted by Gasteiger charge is 2.35. The Morgan fingerprint density at radius 3 is 0.800 bits per heavy atom. The second-order valence-electron chi connectivity index (χ2n) is 8.48. The monoisotopic (exact) mass is 272 g/mol. The SMILES string of the molecule is CB1C2CCCC1CCC2.CB1C2CCCC1CCC2. The van der Waals surface area contributed by atoms with E-state index in [9.17, 15) is 0 Å². The summed E-state index contributed by atoms with van der Waals surface area (Å²) in [6.07, 6.45) is 18.4. The van der Waals surface area contributed by atoms with Crippen molar-refractivity contribution in [2.75, 3.05) is 0 Å². The fraction of sp³-hybridized carbons (Fsp3) is 1.00. The van der Waals surface area contributed by atoms with Gasteiger partial charge in [0.15, 0.2) is 0 Å². The summed E-state index contributed by atoms with van der Waals surface area (Å²) in [6, 6.07) is 0. The molecule has 0 aromatic rings. The minimum Gasteiger partial charge on any atom is -0.0856 e. The molecular weight excluding hydrogens is 238 g/mol. The molecule has 4 fully saturated rings. The van der Waals surface area contributed by atoms with E-state index in [4.69, 9.17) is 0 Å². The van der Waals surface area contributed by atoms with Gasteiger partial charge < -0.3 is 0 Å². The normalized spacial score (nSPS) is 39.9. The van der Waals surface area contributed by atoms with Gasteiger partial charge in [0.05, 0.1) is 0 Å². The highest BCUT2D eigenvalue weighted by Crippen LogP contribution is 2.46. The molecular formula is C18H34B2. The fourth-order valence-corrected chi connectivity index (χ4v) is 6.02. The van der Waals surface area contributed by atoms with Gasteiger partial charge in [-0.15, -0.1) is 0 Å². The molecule has 0 aromatic heterocycles. The van der Waals surface area contributed by atoms with E-state index >= 15 is 0 Å². The van der Waals surface area contributed by atoms with E-state index in [0.29, 0.717) is 0 Å². The van der Waals surface area contributed by atoms with Crippen LogP contribution in [-0.4, -0.2) is 13.4 Å². The first-order chi connectivity index (χ1) is 9.75. The van der Waals surface area contributed by atoms with Crippen molar-refractivity contribution < 1.29 is 0 Å². The van der Waals surface area contributed by atoms with Crippen LogP contribution >= 0.6 is 0 Å². The van der Waals surface area contributed by atoms with Gasteiger partial charge in [0.2, 0.25) is 0 Å². The molecule has 4 saturated heterocycles. The van der Waals surface area contributed by atoms with E-state index in [0.717, 1.165) is 36.7 Å². The Labute approximate surface area is 128 Å². The molecule has 0 radical (unpaired) electrons. The quantitative estimate of drug-likeness (QED) is 0.445. The van der Waals surface area contributed by atoms with Crippen LogP contribution in [0.3, 0.4) is 0 Å². The summed E-state index contributed by atoms with van der Waals surface area (Å²) in [4.78, 5) is 0. The van der Waals surface area contributed by atoms with Crippen LogP contribution < -0.4 is 0 Å². The van der Waals surface area contributed by atoms with Crippen molar-refractivity contribution >= 4 is 13.4 Å². The number of hydrogen-bond acceptors (Lipinski definition) is 0. The molecule has 20 heavy (non-hydrogen) atoms. The molecule has 4 rings (SSSR count). The van der Waals surface area contributed by atoms with Gasteiger partial charge in [-0.3, -0.25) is 0 Å². The van der Waals surface area contributed by atoms with Gasteiger partial charge in [-0.2, -0.15) is 0 Å². The topological polar surface area (TPSA) is 0 Å². The van der Waals surface area contributed by atoms with E-state index in [2.05, 4.69) is 13.6 Å². The molecule has 0 nitrogen and oxygen atoms in total. The predicted octanol–water partition coefficient (Wildman–Crippen LogP) is 6.44. The zero-order valence-corrected chi connectivity index (χ0v) is 13.9. The highest BCUT2D eigenvalue weighted by atomic mass is 14.2. The van der Waals surface area contributed by atoms with E-state index < -0.39 is 0 Å². The van der Waals surface area contributed by atoms with Gasteiger partial charge >= 0.3 is 0 Å². The number of fused-ring (bicyclic) bond motifs is 4.